The van der Waals surface area contributed by atoms with E-state index in [1.165, 1.54) is 28.9 Å². The third kappa shape index (κ3) is 3.91. The molecule has 4 aromatic rings. The minimum atomic E-state index is -0.648. The van der Waals surface area contributed by atoms with Gasteiger partial charge in [0, 0.05) is 16.8 Å². The number of aromatic amines is 1. The number of anilines is 1. The number of carbonyl (C=O) groups is 2. The number of nitrogens with zero attached hydrogens (tertiary/aromatic N) is 3. The fourth-order valence-electron chi connectivity index (χ4n) is 4.83. The Morgan fingerprint density at radius 1 is 0.838 bits per heavy atom. The summed E-state index contributed by atoms with van der Waals surface area (Å²) in [7, 11) is 0. The summed E-state index contributed by atoms with van der Waals surface area (Å²) in [6.45, 7) is 9.35. The Morgan fingerprint density at radius 3 is 2.14 bits per heavy atom. The van der Waals surface area contributed by atoms with Crippen molar-refractivity contribution in [2.24, 2.45) is 0 Å². The molecule has 0 atom stereocenters. The van der Waals surface area contributed by atoms with Crippen LogP contribution < -0.4 is 15.0 Å². The average molecular weight is 498 g/mol. The average Bonchev–Trinajstić information content (AvgIpc) is 3.26. The van der Waals surface area contributed by atoms with Gasteiger partial charge in [0.1, 0.15) is 11.4 Å². The van der Waals surface area contributed by atoms with E-state index in [4.69, 9.17) is 0 Å². The highest BCUT2D eigenvalue weighted by atomic mass is 19.1. The van der Waals surface area contributed by atoms with E-state index in [9.17, 15) is 18.8 Å². The van der Waals surface area contributed by atoms with Gasteiger partial charge in [-0.15, -0.1) is 0 Å². The molecule has 0 spiro atoms. The van der Waals surface area contributed by atoms with Crippen molar-refractivity contribution in [2.45, 2.75) is 34.6 Å². The molecule has 1 aliphatic rings. The topological polar surface area (TPSA) is 79.1 Å². The number of pyridine rings is 1. The number of hydrogen-bond donors (Lipinski definition) is 1. The predicted octanol–water partition coefficient (Wildman–Crippen LogP) is 4.08. The van der Waals surface area contributed by atoms with Crippen molar-refractivity contribution in [1.82, 2.24) is 9.78 Å². The first kappa shape index (κ1) is 24.1. The van der Waals surface area contributed by atoms with Gasteiger partial charge >= 0.3 is 5.91 Å². The van der Waals surface area contributed by atoms with Gasteiger partial charge in [-0.3, -0.25) is 19.5 Å². The summed E-state index contributed by atoms with van der Waals surface area (Å²) in [5.41, 5.74) is 4.75. The highest BCUT2D eigenvalue weighted by molar-refractivity contribution is 6.53. The number of carbonyl (C=O) groups excluding carboxylic acids is 2. The number of aromatic nitrogens is 3. The summed E-state index contributed by atoms with van der Waals surface area (Å²) in [4.78, 5) is 42.6. The van der Waals surface area contributed by atoms with Gasteiger partial charge in [0.15, 0.2) is 12.4 Å². The molecule has 0 saturated carbocycles. The zero-order chi connectivity index (χ0) is 26.6. The van der Waals surface area contributed by atoms with E-state index < -0.39 is 23.2 Å². The van der Waals surface area contributed by atoms with Crippen molar-refractivity contribution < 1.29 is 18.5 Å². The second kappa shape index (κ2) is 8.81. The summed E-state index contributed by atoms with van der Waals surface area (Å²) in [6.07, 6.45) is 3.49. The Kier molecular flexibility index (Phi) is 5.75. The lowest BCUT2D eigenvalue weighted by atomic mass is 10.0. The van der Waals surface area contributed by atoms with Crippen LogP contribution in [-0.4, -0.2) is 21.6 Å². The van der Waals surface area contributed by atoms with Gasteiger partial charge in [0.2, 0.25) is 0 Å². The van der Waals surface area contributed by atoms with Crippen molar-refractivity contribution in [3.63, 3.8) is 0 Å². The Hall–Kier alpha value is -4.59. The van der Waals surface area contributed by atoms with Crippen molar-refractivity contribution in [3.8, 4) is 5.69 Å². The molecular formula is C29H26FN4O3+. The number of aryl methyl sites for hydroxylation is 4. The van der Waals surface area contributed by atoms with Gasteiger partial charge in [-0.25, -0.2) is 14.0 Å². The van der Waals surface area contributed by atoms with Gasteiger partial charge in [0.05, 0.1) is 16.9 Å². The number of H-pyrrole nitrogens is 1. The van der Waals surface area contributed by atoms with E-state index in [2.05, 4.69) is 5.10 Å². The molecule has 1 N–H and O–H groups in total. The molecule has 7 nitrogen and oxygen atoms in total. The van der Waals surface area contributed by atoms with Crippen LogP contribution in [0.2, 0.25) is 0 Å². The fraction of sp³-hybridized carbons (Fsp3) is 0.172. The molecule has 5 rings (SSSR count). The van der Waals surface area contributed by atoms with Crippen molar-refractivity contribution in [1.29, 1.82) is 0 Å². The highest BCUT2D eigenvalue weighted by Gasteiger charge is 2.48. The molecule has 1 aliphatic heterocycles. The first-order chi connectivity index (χ1) is 17.6. The van der Waals surface area contributed by atoms with Crippen LogP contribution in [-0.2, 0) is 9.59 Å². The van der Waals surface area contributed by atoms with Crippen LogP contribution in [0.4, 0.5) is 10.1 Å². The number of imide groups is 1. The lowest BCUT2D eigenvalue weighted by molar-refractivity contribution is -0.577. The van der Waals surface area contributed by atoms with Gasteiger partial charge in [-0.2, -0.15) is 4.57 Å². The molecule has 0 bridgehead atoms. The summed E-state index contributed by atoms with van der Waals surface area (Å²) in [5.74, 6) is -1.73. The van der Waals surface area contributed by atoms with E-state index in [-0.39, 0.29) is 22.5 Å². The monoisotopic (exact) mass is 497 g/mol. The van der Waals surface area contributed by atoms with E-state index in [0.29, 0.717) is 11.4 Å². The molecule has 37 heavy (non-hydrogen) atoms. The van der Waals surface area contributed by atoms with E-state index in [1.54, 1.807) is 23.9 Å². The zero-order valence-corrected chi connectivity index (χ0v) is 21.2. The molecule has 2 amide bonds. The third-order valence-electron chi connectivity index (χ3n) is 6.68. The summed E-state index contributed by atoms with van der Waals surface area (Å²) >= 11 is 0. The third-order valence-corrected chi connectivity index (χ3v) is 6.68. The standard InChI is InChI=1S/C29H25FN4O3/c1-16-13-17(2)15-32(14-16)26-25(27(35)33(29(26)37)22-11-9-21(30)10-12-22)24-20(5)31-34(28(24)36)23-8-6-7-18(3)19(23)4/h6-15H,1-5H3/p+1. The zero-order valence-electron chi connectivity index (χ0n) is 21.2. The molecular weight excluding hydrogens is 471 g/mol. The van der Waals surface area contributed by atoms with E-state index in [1.807, 2.05) is 52.0 Å². The lowest BCUT2D eigenvalue weighted by Gasteiger charge is -2.13. The number of nitrogens with one attached hydrogen (secondary N) is 1. The van der Waals surface area contributed by atoms with E-state index in [0.717, 1.165) is 27.2 Å². The van der Waals surface area contributed by atoms with Crippen LogP contribution >= 0.6 is 0 Å². The fourth-order valence-corrected chi connectivity index (χ4v) is 4.83. The summed E-state index contributed by atoms with van der Waals surface area (Å²) in [5, 5.41) is 3.10. The SMILES string of the molecule is Cc1cc(C)c[n+](C2=C(c3c(C)[nH]n(-c4cccc(C)c4C)c3=O)C(=O)N(c3ccc(F)cc3)C2=O)c1. The smallest absolute Gasteiger partial charge is 0.295 e. The number of halogens is 1. The Labute approximate surface area is 213 Å². The molecule has 8 heteroatoms. The number of rotatable bonds is 4. The van der Waals surface area contributed by atoms with Crippen LogP contribution in [0.3, 0.4) is 0 Å². The summed E-state index contributed by atoms with van der Waals surface area (Å²) < 4.78 is 16.6. The minimum Gasteiger partial charge on any atom is -0.295 e. The van der Waals surface area contributed by atoms with Crippen LogP contribution in [0.5, 0.6) is 0 Å². The molecule has 0 saturated heterocycles. The summed E-state index contributed by atoms with van der Waals surface area (Å²) in [6, 6.07) is 12.7. The molecule has 0 radical (unpaired) electrons. The predicted molar refractivity (Wildman–Crippen MR) is 139 cm³/mol. The van der Waals surface area contributed by atoms with Crippen LogP contribution in [0, 0.1) is 40.4 Å². The molecule has 2 aromatic carbocycles. The molecule has 0 unspecified atom stereocenters. The molecule has 186 valence electrons. The molecule has 0 fully saturated rings. The molecule has 3 heterocycles. The number of amides is 2. The number of benzene rings is 2. The first-order valence-corrected chi connectivity index (χ1v) is 11.9. The first-order valence-electron chi connectivity index (χ1n) is 11.9. The van der Waals surface area contributed by atoms with Gasteiger partial charge < -0.3 is 0 Å². The van der Waals surface area contributed by atoms with E-state index >= 15 is 0 Å². The van der Waals surface area contributed by atoms with Gasteiger partial charge in [-0.1, -0.05) is 12.1 Å². The second-order valence-corrected chi connectivity index (χ2v) is 9.41. The Morgan fingerprint density at radius 2 is 1.49 bits per heavy atom. The molecule has 2 aromatic heterocycles. The second-order valence-electron chi connectivity index (χ2n) is 9.41. The molecule has 0 aliphatic carbocycles. The number of hydrogen-bond acceptors (Lipinski definition) is 3. The van der Waals surface area contributed by atoms with Crippen molar-refractivity contribution in [2.75, 3.05) is 4.90 Å². The maximum absolute atomic E-state index is 13.9. The Bertz CT molecular complexity index is 1670. The van der Waals surface area contributed by atoms with Crippen molar-refractivity contribution >= 4 is 28.8 Å². The maximum atomic E-state index is 13.9. The van der Waals surface area contributed by atoms with Crippen molar-refractivity contribution in [3.05, 3.63) is 111 Å². The highest BCUT2D eigenvalue weighted by Crippen LogP contribution is 2.33. The van der Waals surface area contributed by atoms with Crippen LogP contribution in [0.25, 0.3) is 17.0 Å². The van der Waals surface area contributed by atoms with Gasteiger partial charge in [-0.05, 0) is 82.1 Å². The van der Waals surface area contributed by atoms with Crippen LogP contribution in [0.15, 0.2) is 65.7 Å². The normalized spacial score (nSPS) is 13.7. The van der Waals surface area contributed by atoms with Gasteiger partial charge in [0.25, 0.3) is 17.2 Å². The Balaban J connectivity index is 1.79. The quantitative estimate of drug-likeness (QED) is 0.341. The lowest BCUT2D eigenvalue weighted by Crippen LogP contribution is -2.40. The minimum absolute atomic E-state index is 0.00729. The van der Waals surface area contributed by atoms with Crippen LogP contribution in [0.1, 0.15) is 33.5 Å². The maximum Gasteiger partial charge on any atom is 0.331 e. The largest absolute Gasteiger partial charge is 0.331 e.